The van der Waals surface area contributed by atoms with Crippen LogP contribution >= 0.6 is 24.8 Å². The molecule has 2 aromatic rings. The van der Waals surface area contributed by atoms with E-state index in [4.69, 9.17) is 0 Å². The summed E-state index contributed by atoms with van der Waals surface area (Å²) in [4.78, 5) is 4.16. The first kappa shape index (κ1) is 16.0. The quantitative estimate of drug-likeness (QED) is 0.894. The molecule has 104 valence electrons. The van der Waals surface area contributed by atoms with E-state index in [2.05, 4.69) is 39.9 Å². The number of hydrogen-bond acceptors (Lipinski definition) is 3. The van der Waals surface area contributed by atoms with Crippen molar-refractivity contribution in [1.29, 1.82) is 0 Å². The number of rotatable bonds is 2. The number of aromatic nitrogens is 1. The van der Waals surface area contributed by atoms with Gasteiger partial charge in [0.25, 0.3) is 0 Å². The van der Waals surface area contributed by atoms with Gasteiger partial charge in [-0.2, -0.15) is 0 Å². The van der Waals surface area contributed by atoms with Crippen molar-refractivity contribution in [3.05, 3.63) is 36.7 Å². The summed E-state index contributed by atoms with van der Waals surface area (Å²) in [5.74, 6) is 0. The van der Waals surface area contributed by atoms with Crippen molar-refractivity contribution in [2.75, 3.05) is 18.4 Å². The van der Waals surface area contributed by atoms with E-state index in [0.29, 0.717) is 6.04 Å². The first-order chi connectivity index (χ1) is 8.43. The Hall–Kier alpha value is -1.03. The fourth-order valence-corrected chi connectivity index (χ4v) is 2.43. The topological polar surface area (TPSA) is 37.0 Å². The highest BCUT2D eigenvalue weighted by molar-refractivity contribution is 5.93. The zero-order valence-corrected chi connectivity index (χ0v) is 12.3. The standard InChI is InChI=1S/C14H17N3.2ClH/c1-2-11-10-16-9-6-13(11)14(3-1)17-12-4-7-15-8-5-12;;/h1-3,6,9-10,12,15,17H,4-5,7-8H2;2*1H. The van der Waals surface area contributed by atoms with Crippen LogP contribution < -0.4 is 10.6 Å². The number of nitrogens with one attached hydrogen (secondary N) is 2. The van der Waals surface area contributed by atoms with E-state index in [1.54, 1.807) is 0 Å². The van der Waals surface area contributed by atoms with Gasteiger partial charge in [-0.15, -0.1) is 24.8 Å². The average Bonchev–Trinajstić information content (AvgIpc) is 2.40. The summed E-state index contributed by atoms with van der Waals surface area (Å²) < 4.78 is 0. The smallest absolute Gasteiger partial charge is 0.0423 e. The van der Waals surface area contributed by atoms with Crippen LogP contribution in [0.5, 0.6) is 0 Å². The summed E-state index contributed by atoms with van der Waals surface area (Å²) in [6, 6.07) is 9.03. The van der Waals surface area contributed by atoms with Crippen molar-refractivity contribution < 1.29 is 0 Å². The number of pyridine rings is 1. The fourth-order valence-electron chi connectivity index (χ4n) is 2.43. The highest BCUT2D eigenvalue weighted by atomic mass is 35.5. The van der Waals surface area contributed by atoms with E-state index in [9.17, 15) is 0 Å². The minimum Gasteiger partial charge on any atom is -0.382 e. The van der Waals surface area contributed by atoms with Gasteiger partial charge in [-0.3, -0.25) is 4.98 Å². The first-order valence-electron chi connectivity index (χ1n) is 6.23. The number of hydrogen-bond donors (Lipinski definition) is 2. The molecule has 2 N–H and O–H groups in total. The summed E-state index contributed by atoms with van der Waals surface area (Å²) in [6.45, 7) is 2.23. The van der Waals surface area contributed by atoms with Crippen LogP contribution in [-0.4, -0.2) is 24.1 Å². The van der Waals surface area contributed by atoms with Gasteiger partial charge in [0.1, 0.15) is 0 Å². The Kier molecular flexibility index (Phi) is 6.35. The van der Waals surface area contributed by atoms with Gasteiger partial charge in [0.15, 0.2) is 0 Å². The van der Waals surface area contributed by atoms with E-state index in [-0.39, 0.29) is 24.8 Å². The van der Waals surface area contributed by atoms with Crippen LogP contribution in [0.15, 0.2) is 36.7 Å². The van der Waals surface area contributed by atoms with Crippen LogP contribution in [0, 0.1) is 0 Å². The molecule has 0 atom stereocenters. The van der Waals surface area contributed by atoms with E-state index in [1.165, 1.54) is 29.3 Å². The van der Waals surface area contributed by atoms with Crippen LogP contribution in [0.25, 0.3) is 10.8 Å². The van der Waals surface area contributed by atoms with Crippen LogP contribution in [0.1, 0.15) is 12.8 Å². The maximum atomic E-state index is 4.16. The van der Waals surface area contributed by atoms with Crippen molar-refractivity contribution in [3.8, 4) is 0 Å². The molecule has 1 saturated heterocycles. The second-order valence-electron chi connectivity index (χ2n) is 4.57. The second-order valence-corrected chi connectivity index (χ2v) is 4.57. The lowest BCUT2D eigenvalue weighted by molar-refractivity contribution is 0.479. The molecule has 0 saturated carbocycles. The number of anilines is 1. The molecule has 3 rings (SSSR count). The fraction of sp³-hybridized carbons (Fsp3) is 0.357. The molecule has 1 aromatic carbocycles. The van der Waals surface area contributed by atoms with Crippen molar-refractivity contribution >= 4 is 41.3 Å². The molecule has 1 aliphatic rings. The zero-order chi connectivity index (χ0) is 11.5. The van der Waals surface area contributed by atoms with Crippen LogP contribution in [0.4, 0.5) is 5.69 Å². The van der Waals surface area contributed by atoms with Crippen molar-refractivity contribution in [3.63, 3.8) is 0 Å². The summed E-state index contributed by atoms with van der Waals surface area (Å²) in [6.07, 6.45) is 6.17. The molecule has 0 unspecified atom stereocenters. The molecule has 0 aliphatic carbocycles. The summed E-state index contributed by atoms with van der Waals surface area (Å²) in [5.41, 5.74) is 1.23. The molecule has 3 nitrogen and oxygen atoms in total. The third-order valence-corrected chi connectivity index (χ3v) is 3.38. The highest BCUT2D eigenvalue weighted by Gasteiger charge is 2.13. The van der Waals surface area contributed by atoms with Crippen LogP contribution in [0.3, 0.4) is 0 Å². The Morgan fingerprint density at radius 3 is 2.68 bits per heavy atom. The number of piperidine rings is 1. The second kappa shape index (κ2) is 7.53. The first-order valence-corrected chi connectivity index (χ1v) is 6.23. The molecule has 0 amide bonds. The molecular weight excluding hydrogens is 281 g/mol. The van der Waals surface area contributed by atoms with E-state index in [0.717, 1.165) is 13.1 Å². The predicted octanol–water partition coefficient (Wildman–Crippen LogP) is 3.24. The normalized spacial score (nSPS) is 15.4. The summed E-state index contributed by atoms with van der Waals surface area (Å²) >= 11 is 0. The lowest BCUT2D eigenvalue weighted by Gasteiger charge is -2.25. The van der Waals surface area contributed by atoms with E-state index < -0.39 is 0 Å². The molecule has 19 heavy (non-hydrogen) atoms. The van der Waals surface area contributed by atoms with Crippen LogP contribution in [0.2, 0.25) is 0 Å². The molecule has 0 radical (unpaired) electrons. The number of nitrogens with zero attached hydrogens (tertiary/aromatic N) is 1. The van der Waals surface area contributed by atoms with Gasteiger partial charge >= 0.3 is 0 Å². The van der Waals surface area contributed by atoms with E-state index >= 15 is 0 Å². The summed E-state index contributed by atoms with van der Waals surface area (Å²) in [5, 5.41) is 9.51. The van der Waals surface area contributed by atoms with Gasteiger partial charge in [-0.1, -0.05) is 12.1 Å². The lowest BCUT2D eigenvalue weighted by Crippen LogP contribution is -2.35. The predicted molar refractivity (Wildman–Crippen MR) is 85.8 cm³/mol. The third-order valence-electron chi connectivity index (χ3n) is 3.38. The lowest BCUT2D eigenvalue weighted by atomic mass is 10.0. The van der Waals surface area contributed by atoms with Gasteiger partial charge in [-0.25, -0.2) is 0 Å². The molecule has 1 fully saturated rings. The van der Waals surface area contributed by atoms with Crippen molar-refractivity contribution in [2.45, 2.75) is 18.9 Å². The number of halogens is 2. The maximum absolute atomic E-state index is 4.16. The van der Waals surface area contributed by atoms with Gasteiger partial charge in [0, 0.05) is 34.9 Å². The summed E-state index contributed by atoms with van der Waals surface area (Å²) in [7, 11) is 0. The largest absolute Gasteiger partial charge is 0.382 e. The molecule has 5 heteroatoms. The molecule has 0 spiro atoms. The Morgan fingerprint density at radius 2 is 1.89 bits per heavy atom. The van der Waals surface area contributed by atoms with Gasteiger partial charge < -0.3 is 10.6 Å². The molecule has 0 bridgehead atoms. The monoisotopic (exact) mass is 299 g/mol. The SMILES string of the molecule is Cl.Cl.c1cc(NC2CCNCC2)c2ccncc2c1. The van der Waals surface area contributed by atoms with Gasteiger partial charge in [0.05, 0.1) is 0 Å². The number of benzene rings is 1. The molecule has 1 aromatic heterocycles. The Bertz CT molecular complexity index is 508. The van der Waals surface area contributed by atoms with Crippen molar-refractivity contribution in [2.24, 2.45) is 0 Å². The van der Waals surface area contributed by atoms with Crippen LogP contribution in [-0.2, 0) is 0 Å². The molecule has 2 heterocycles. The molecule has 1 aliphatic heterocycles. The molecular formula is C14H19Cl2N3. The Balaban J connectivity index is 0.000000902. The number of fused-ring (bicyclic) bond motifs is 1. The van der Waals surface area contributed by atoms with Gasteiger partial charge in [0.2, 0.25) is 0 Å². The maximum Gasteiger partial charge on any atom is 0.0423 e. The zero-order valence-electron chi connectivity index (χ0n) is 10.6. The third kappa shape index (κ3) is 3.72. The Labute approximate surface area is 126 Å². The Morgan fingerprint density at radius 1 is 1.11 bits per heavy atom. The highest BCUT2D eigenvalue weighted by Crippen LogP contribution is 2.24. The van der Waals surface area contributed by atoms with Crippen molar-refractivity contribution in [1.82, 2.24) is 10.3 Å². The average molecular weight is 300 g/mol. The minimum atomic E-state index is 0. The minimum absolute atomic E-state index is 0. The van der Waals surface area contributed by atoms with Gasteiger partial charge in [-0.05, 0) is 38.1 Å². The van der Waals surface area contributed by atoms with E-state index in [1.807, 2.05) is 12.4 Å².